The first-order valence-corrected chi connectivity index (χ1v) is 9.80. The van der Waals surface area contributed by atoms with Crippen molar-refractivity contribution in [1.82, 2.24) is 0 Å². The lowest BCUT2D eigenvalue weighted by Gasteiger charge is -2.13. The molecule has 2 amide bonds. The van der Waals surface area contributed by atoms with Gasteiger partial charge in [-0.15, -0.1) is 11.3 Å². The maximum absolute atomic E-state index is 13.0. The van der Waals surface area contributed by atoms with Gasteiger partial charge in [-0.2, -0.15) is 0 Å². The molecule has 1 heterocycles. The summed E-state index contributed by atoms with van der Waals surface area (Å²) < 4.78 is 0. The van der Waals surface area contributed by atoms with Crippen molar-refractivity contribution in [3.63, 3.8) is 0 Å². The zero-order valence-electron chi connectivity index (χ0n) is 15.1. The lowest BCUT2D eigenvalue weighted by molar-refractivity contribution is -0.138. The van der Waals surface area contributed by atoms with Gasteiger partial charge >= 0.3 is 5.97 Å². The van der Waals surface area contributed by atoms with Gasteiger partial charge in [0.2, 0.25) is 5.91 Å². The summed E-state index contributed by atoms with van der Waals surface area (Å²) in [5.41, 5.74) is 3.27. The normalized spacial score (nSPS) is 12.9. The van der Waals surface area contributed by atoms with E-state index in [1.54, 1.807) is 0 Å². The van der Waals surface area contributed by atoms with E-state index in [1.165, 1.54) is 11.3 Å². The lowest BCUT2D eigenvalue weighted by atomic mass is 9.95. The Kier molecular flexibility index (Phi) is 5.91. The van der Waals surface area contributed by atoms with Crippen LogP contribution >= 0.6 is 11.3 Å². The van der Waals surface area contributed by atoms with Gasteiger partial charge < -0.3 is 15.7 Å². The Morgan fingerprint density at radius 3 is 2.63 bits per heavy atom. The van der Waals surface area contributed by atoms with Crippen LogP contribution in [0.4, 0.5) is 10.7 Å². The first kappa shape index (κ1) is 19.1. The smallest absolute Gasteiger partial charge is 0.303 e. The predicted molar refractivity (Wildman–Crippen MR) is 106 cm³/mol. The third kappa shape index (κ3) is 4.74. The van der Waals surface area contributed by atoms with Crippen LogP contribution in [-0.2, 0) is 22.4 Å². The second-order valence-electron chi connectivity index (χ2n) is 6.68. The maximum Gasteiger partial charge on any atom is 0.303 e. The van der Waals surface area contributed by atoms with Gasteiger partial charge in [0.25, 0.3) is 5.91 Å². The number of rotatable bonds is 6. The molecular weight excluding hydrogens is 364 g/mol. The number of hydrogen-bond donors (Lipinski definition) is 3. The zero-order chi connectivity index (χ0) is 19.4. The third-order valence-electron chi connectivity index (χ3n) is 4.49. The Morgan fingerprint density at radius 1 is 1.11 bits per heavy atom. The van der Waals surface area contributed by atoms with Gasteiger partial charge in [-0.3, -0.25) is 14.4 Å². The summed E-state index contributed by atoms with van der Waals surface area (Å²) in [7, 11) is 0. The van der Waals surface area contributed by atoms with Gasteiger partial charge in [-0.1, -0.05) is 12.1 Å². The number of carbonyl (C=O) groups excluding carboxylic acids is 2. The van der Waals surface area contributed by atoms with Crippen molar-refractivity contribution in [2.24, 2.45) is 0 Å². The fourth-order valence-electron chi connectivity index (χ4n) is 3.22. The number of carboxylic acid groups (broad SMARTS) is 1. The third-order valence-corrected chi connectivity index (χ3v) is 5.70. The van der Waals surface area contributed by atoms with Crippen LogP contribution in [0.25, 0.3) is 0 Å². The van der Waals surface area contributed by atoms with Crippen molar-refractivity contribution in [2.45, 2.75) is 45.4 Å². The second kappa shape index (κ2) is 8.35. The van der Waals surface area contributed by atoms with Crippen molar-refractivity contribution in [2.75, 3.05) is 10.6 Å². The van der Waals surface area contributed by atoms with Gasteiger partial charge in [-0.05, 0) is 55.9 Å². The standard InChI is InChI=1S/C20H22N2O4S/c1-12-5-4-6-13(11-12)21-19(26)18-14-7-2-3-8-15(14)27-20(18)22-16(23)9-10-17(24)25/h4-6,11H,2-3,7-10H2,1H3,(H,21,26)(H,22,23)(H,24,25). The topological polar surface area (TPSA) is 95.5 Å². The minimum atomic E-state index is -1.02. The zero-order valence-corrected chi connectivity index (χ0v) is 15.9. The van der Waals surface area contributed by atoms with Crippen LogP contribution in [0.1, 0.15) is 52.0 Å². The highest BCUT2D eigenvalue weighted by atomic mass is 32.1. The highest BCUT2D eigenvalue weighted by molar-refractivity contribution is 7.17. The highest BCUT2D eigenvalue weighted by Crippen LogP contribution is 2.38. The molecule has 0 fully saturated rings. The number of carbonyl (C=O) groups is 3. The Labute approximate surface area is 161 Å². The second-order valence-corrected chi connectivity index (χ2v) is 7.79. The Balaban J connectivity index is 1.85. The number of aliphatic carboxylic acids is 1. The molecule has 3 rings (SSSR count). The van der Waals surface area contributed by atoms with Crippen LogP contribution in [0, 0.1) is 6.92 Å². The fraction of sp³-hybridized carbons (Fsp3) is 0.350. The highest BCUT2D eigenvalue weighted by Gasteiger charge is 2.26. The van der Waals surface area contributed by atoms with Gasteiger partial charge in [-0.25, -0.2) is 0 Å². The number of aryl methyl sites for hydroxylation is 2. The molecule has 0 saturated carbocycles. The molecule has 0 radical (unpaired) electrons. The number of nitrogens with one attached hydrogen (secondary N) is 2. The first-order valence-electron chi connectivity index (χ1n) is 8.98. The van der Waals surface area contributed by atoms with Gasteiger partial charge in [0.1, 0.15) is 5.00 Å². The van der Waals surface area contributed by atoms with Crippen molar-refractivity contribution in [3.8, 4) is 0 Å². The van der Waals surface area contributed by atoms with Crippen molar-refractivity contribution in [1.29, 1.82) is 0 Å². The number of carboxylic acids is 1. The van der Waals surface area contributed by atoms with Crippen molar-refractivity contribution >= 4 is 39.8 Å². The van der Waals surface area contributed by atoms with Gasteiger partial charge in [0.15, 0.2) is 0 Å². The van der Waals surface area contributed by atoms with E-state index in [1.807, 2.05) is 31.2 Å². The summed E-state index contributed by atoms with van der Waals surface area (Å²) in [5.74, 6) is -1.65. The fourth-order valence-corrected chi connectivity index (χ4v) is 4.52. The van der Waals surface area contributed by atoms with E-state index < -0.39 is 5.97 Å². The van der Waals surface area contributed by atoms with Crippen LogP contribution in [0.5, 0.6) is 0 Å². The quantitative estimate of drug-likeness (QED) is 0.699. The summed E-state index contributed by atoms with van der Waals surface area (Å²) in [6, 6.07) is 7.55. The minimum Gasteiger partial charge on any atom is -0.481 e. The molecule has 0 aliphatic heterocycles. The van der Waals surface area contributed by atoms with Gasteiger partial charge in [0, 0.05) is 17.0 Å². The van der Waals surface area contributed by atoms with Gasteiger partial charge in [0.05, 0.1) is 12.0 Å². The molecule has 1 aliphatic carbocycles. The van der Waals surface area contributed by atoms with E-state index in [4.69, 9.17) is 5.11 Å². The number of hydrogen-bond acceptors (Lipinski definition) is 4. The monoisotopic (exact) mass is 386 g/mol. The van der Waals surface area contributed by atoms with E-state index in [9.17, 15) is 14.4 Å². The van der Waals surface area contributed by atoms with Crippen LogP contribution < -0.4 is 10.6 Å². The van der Waals surface area contributed by atoms with E-state index in [0.29, 0.717) is 16.3 Å². The molecule has 0 saturated heterocycles. The largest absolute Gasteiger partial charge is 0.481 e. The molecule has 0 spiro atoms. The number of amides is 2. The summed E-state index contributed by atoms with van der Waals surface area (Å²) in [4.78, 5) is 36.9. The van der Waals surface area contributed by atoms with Crippen LogP contribution in [0.3, 0.4) is 0 Å². The first-order chi connectivity index (χ1) is 12.9. The van der Waals surface area contributed by atoms with Crippen LogP contribution in [-0.4, -0.2) is 22.9 Å². The Morgan fingerprint density at radius 2 is 1.89 bits per heavy atom. The Bertz CT molecular complexity index is 888. The SMILES string of the molecule is Cc1cccc(NC(=O)c2c(NC(=O)CCC(=O)O)sc3c2CCCC3)c1. The molecule has 1 aliphatic rings. The van der Waals surface area contributed by atoms with E-state index in [2.05, 4.69) is 10.6 Å². The summed E-state index contributed by atoms with van der Waals surface area (Å²) in [5, 5.41) is 14.9. The number of anilines is 2. The summed E-state index contributed by atoms with van der Waals surface area (Å²) >= 11 is 1.43. The average Bonchev–Trinajstić information content (AvgIpc) is 2.97. The predicted octanol–water partition coefficient (Wildman–Crippen LogP) is 3.99. The summed E-state index contributed by atoms with van der Waals surface area (Å²) in [6.45, 7) is 1.95. The molecule has 6 nitrogen and oxygen atoms in total. The molecule has 0 atom stereocenters. The molecule has 27 heavy (non-hydrogen) atoms. The molecule has 1 aromatic heterocycles. The maximum atomic E-state index is 13.0. The van der Waals surface area contributed by atoms with Crippen LogP contribution in [0.15, 0.2) is 24.3 Å². The van der Waals surface area contributed by atoms with Crippen LogP contribution in [0.2, 0.25) is 0 Å². The van der Waals surface area contributed by atoms with E-state index in [-0.39, 0.29) is 24.7 Å². The number of thiophene rings is 1. The Hall–Kier alpha value is -2.67. The van der Waals surface area contributed by atoms with E-state index in [0.717, 1.165) is 41.7 Å². The molecule has 7 heteroatoms. The lowest BCUT2D eigenvalue weighted by Crippen LogP contribution is -2.19. The van der Waals surface area contributed by atoms with E-state index >= 15 is 0 Å². The average molecular weight is 386 g/mol. The van der Waals surface area contributed by atoms with Crippen molar-refractivity contribution < 1.29 is 19.5 Å². The molecule has 0 bridgehead atoms. The number of benzene rings is 1. The molecule has 2 aromatic rings. The molecule has 1 aromatic carbocycles. The summed E-state index contributed by atoms with van der Waals surface area (Å²) in [6.07, 6.45) is 3.45. The number of fused-ring (bicyclic) bond motifs is 1. The minimum absolute atomic E-state index is 0.114. The molecule has 0 unspecified atom stereocenters. The molecular formula is C20H22N2O4S. The van der Waals surface area contributed by atoms with Crippen molar-refractivity contribution in [3.05, 3.63) is 45.8 Å². The molecule has 142 valence electrons. The molecule has 3 N–H and O–H groups in total.